The normalized spacial score (nSPS) is 24.6. The SMILES string of the molecule is CCC1CC1NS(=O)(=O)c1ccc(CN)o1. The summed E-state index contributed by atoms with van der Waals surface area (Å²) in [6.45, 7) is 2.26. The van der Waals surface area contributed by atoms with Gasteiger partial charge in [-0.25, -0.2) is 13.1 Å². The average molecular weight is 244 g/mol. The molecule has 1 aliphatic rings. The number of hydrogen-bond donors (Lipinski definition) is 2. The highest BCUT2D eigenvalue weighted by Crippen LogP contribution is 2.34. The first kappa shape index (κ1) is 11.6. The molecule has 0 amide bonds. The molecule has 1 fully saturated rings. The van der Waals surface area contributed by atoms with E-state index in [4.69, 9.17) is 10.2 Å². The molecule has 1 aromatic rings. The number of sulfonamides is 1. The maximum atomic E-state index is 11.8. The van der Waals surface area contributed by atoms with Crippen LogP contribution in [0.1, 0.15) is 25.5 Å². The smallest absolute Gasteiger partial charge is 0.274 e. The molecule has 2 atom stereocenters. The van der Waals surface area contributed by atoms with Crippen LogP contribution in [0.25, 0.3) is 0 Å². The molecule has 0 aliphatic heterocycles. The third-order valence-corrected chi connectivity index (χ3v) is 4.22. The Morgan fingerprint density at radius 2 is 2.31 bits per heavy atom. The van der Waals surface area contributed by atoms with Crippen LogP contribution >= 0.6 is 0 Å². The Balaban J connectivity index is 2.07. The van der Waals surface area contributed by atoms with E-state index < -0.39 is 10.0 Å². The minimum atomic E-state index is -3.50. The second kappa shape index (κ2) is 4.20. The van der Waals surface area contributed by atoms with Crippen LogP contribution in [0.5, 0.6) is 0 Å². The van der Waals surface area contributed by atoms with E-state index in [2.05, 4.69) is 11.6 Å². The lowest BCUT2D eigenvalue weighted by Gasteiger charge is -2.02. The van der Waals surface area contributed by atoms with E-state index in [1.54, 1.807) is 6.07 Å². The fraction of sp³-hybridized carbons (Fsp3) is 0.600. The van der Waals surface area contributed by atoms with Gasteiger partial charge in [0.2, 0.25) is 5.09 Å². The summed E-state index contributed by atoms with van der Waals surface area (Å²) in [5, 5.41) is -0.0466. The first-order valence-corrected chi connectivity index (χ1v) is 6.86. The van der Waals surface area contributed by atoms with Crippen molar-refractivity contribution in [3.63, 3.8) is 0 Å². The topological polar surface area (TPSA) is 85.3 Å². The van der Waals surface area contributed by atoms with Gasteiger partial charge < -0.3 is 10.2 Å². The largest absolute Gasteiger partial charge is 0.447 e. The Bertz CT molecular complexity index is 466. The Labute approximate surface area is 95.1 Å². The Morgan fingerprint density at radius 1 is 1.56 bits per heavy atom. The first-order valence-electron chi connectivity index (χ1n) is 5.38. The van der Waals surface area contributed by atoms with Crippen molar-refractivity contribution in [2.45, 2.75) is 37.4 Å². The van der Waals surface area contributed by atoms with Gasteiger partial charge in [-0.05, 0) is 24.5 Å². The molecule has 0 saturated heterocycles. The van der Waals surface area contributed by atoms with Gasteiger partial charge in [-0.15, -0.1) is 0 Å². The highest BCUT2D eigenvalue weighted by Gasteiger charge is 2.39. The number of furan rings is 1. The molecule has 6 heteroatoms. The lowest BCUT2D eigenvalue weighted by molar-refractivity contribution is 0.412. The van der Waals surface area contributed by atoms with Gasteiger partial charge in [0.1, 0.15) is 5.76 Å². The van der Waals surface area contributed by atoms with Gasteiger partial charge in [0, 0.05) is 6.04 Å². The van der Waals surface area contributed by atoms with Gasteiger partial charge in [0.15, 0.2) is 0 Å². The fourth-order valence-corrected chi connectivity index (χ4v) is 2.98. The number of hydrogen-bond acceptors (Lipinski definition) is 4. The van der Waals surface area contributed by atoms with Crippen molar-refractivity contribution < 1.29 is 12.8 Å². The Hall–Kier alpha value is -0.850. The summed E-state index contributed by atoms with van der Waals surface area (Å²) in [7, 11) is -3.50. The second-order valence-corrected chi connectivity index (χ2v) is 5.70. The number of rotatable bonds is 5. The summed E-state index contributed by atoms with van der Waals surface area (Å²) in [5.74, 6) is 0.946. The van der Waals surface area contributed by atoms with Gasteiger partial charge in [-0.2, -0.15) is 0 Å². The zero-order chi connectivity index (χ0) is 11.8. The van der Waals surface area contributed by atoms with E-state index in [1.807, 2.05) is 0 Å². The van der Waals surface area contributed by atoms with Gasteiger partial charge in [-0.1, -0.05) is 13.3 Å². The maximum absolute atomic E-state index is 11.8. The lowest BCUT2D eigenvalue weighted by atomic mass is 10.3. The van der Waals surface area contributed by atoms with Crippen LogP contribution in [0.3, 0.4) is 0 Å². The van der Waals surface area contributed by atoms with Crippen LogP contribution in [0.4, 0.5) is 0 Å². The highest BCUT2D eigenvalue weighted by molar-refractivity contribution is 7.89. The van der Waals surface area contributed by atoms with Crippen LogP contribution < -0.4 is 10.5 Å². The predicted octanol–water partition coefficient (Wildman–Crippen LogP) is 0.815. The first-order chi connectivity index (χ1) is 7.56. The van der Waals surface area contributed by atoms with E-state index in [-0.39, 0.29) is 17.7 Å². The molecular formula is C10H16N2O3S. The fourth-order valence-electron chi connectivity index (χ4n) is 1.71. The standard InChI is InChI=1S/C10H16N2O3S/c1-2-7-5-9(7)12-16(13,14)10-4-3-8(6-11)15-10/h3-4,7,9,12H,2,5-6,11H2,1H3. The number of nitrogens with one attached hydrogen (secondary N) is 1. The van der Waals surface area contributed by atoms with Crippen LogP contribution in [0, 0.1) is 5.92 Å². The molecule has 16 heavy (non-hydrogen) atoms. The molecule has 3 N–H and O–H groups in total. The molecule has 0 bridgehead atoms. The van der Waals surface area contributed by atoms with Crippen molar-refractivity contribution in [2.75, 3.05) is 0 Å². The summed E-state index contributed by atoms with van der Waals surface area (Å²) in [5.41, 5.74) is 5.35. The van der Waals surface area contributed by atoms with E-state index in [1.165, 1.54) is 6.07 Å². The van der Waals surface area contributed by atoms with Crippen molar-refractivity contribution in [3.05, 3.63) is 17.9 Å². The lowest BCUT2D eigenvalue weighted by Crippen LogP contribution is -2.26. The summed E-state index contributed by atoms with van der Waals surface area (Å²) >= 11 is 0. The zero-order valence-electron chi connectivity index (χ0n) is 9.14. The summed E-state index contributed by atoms with van der Waals surface area (Å²) < 4.78 is 31.4. The molecular weight excluding hydrogens is 228 g/mol. The van der Waals surface area contributed by atoms with Crippen LogP contribution in [0.2, 0.25) is 0 Å². The Kier molecular flexibility index (Phi) is 3.05. The summed E-state index contributed by atoms with van der Waals surface area (Å²) in [4.78, 5) is 0. The third kappa shape index (κ3) is 2.28. The predicted molar refractivity (Wildman–Crippen MR) is 59.1 cm³/mol. The van der Waals surface area contributed by atoms with Crippen molar-refractivity contribution >= 4 is 10.0 Å². The van der Waals surface area contributed by atoms with Crippen molar-refractivity contribution in [1.29, 1.82) is 0 Å². The molecule has 0 spiro atoms. The van der Waals surface area contributed by atoms with E-state index in [0.717, 1.165) is 12.8 Å². The molecule has 5 nitrogen and oxygen atoms in total. The quantitative estimate of drug-likeness (QED) is 0.802. The monoisotopic (exact) mass is 244 g/mol. The molecule has 90 valence electrons. The van der Waals surface area contributed by atoms with Crippen LogP contribution in [0.15, 0.2) is 21.6 Å². The molecule has 1 aliphatic carbocycles. The van der Waals surface area contributed by atoms with Gasteiger partial charge in [0.25, 0.3) is 10.0 Å². The molecule has 2 rings (SSSR count). The zero-order valence-corrected chi connectivity index (χ0v) is 9.96. The number of nitrogens with two attached hydrogens (primary N) is 1. The molecule has 1 aromatic heterocycles. The van der Waals surface area contributed by atoms with Gasteiger partial charge in [-0.3, -0.25) is 0 Å². The average Bonchev–Trinajstić information content (AvgIpc) is 2.81. The summed E-state index contributed by atoms with van der Waals surface area (Å²) in [6, 6.07) is 3.09. The third-order valence-electron chi connectivity index (χ3n) is 2.86. The maximum Gasteiger partial charge on any atom is 0.274 e. The van der Waals surface area contributed by atoms with Gasteiger partial charge >= 0.3 is 0 Å². The molecule has 1 saturated carbocycles. The minimum Gasteiger partial charge on any atom is -0.447 e. The van der Waals surface area contributed by atoms with E-state index >= 15 is 0 Å². The molecule has 0 radical (unpaired) electrons. The van der Waals surface area contributed by atoms with Gasteiger partial charge in [0.05, 0.1) is 6.54 Å². The molecule has 2 unspecified atom stereocenters. The van der Waals surface area contributed by atoms with Crippen molar-refractivity contribution in [2.24, 2.45) is 11.7 Å². The van der Waals surface area contributed by atoms with Crippen molar-refractivity contribution in [3.8, 4) is 0 Å². The van der Waals surface area contributed by atoms with E-state index in [9.17, 15) is 8.42 Å². The molecule has 1 heterocycles. The Morgan fingerprint density at radius 3 is 2.81 bits per heavy atom. The highest BCUT2D eigenvalue weighted by atomic mass is 32.2. The van der Waals surface area contributed by atoms with Crippen LogP contribution in [-0.2, 0) is 16.6 Å². The molecule has 0 aromatic carbocycles. The minimum absolute atomic E-state index is 0.0466. The summed E-state index contributed by atoms with van der Waals surface area (Å²) in [6.07, 6.45) is 1.92. The van der Waals surface area contributed by atoms with E-state index in [0.29, 0.717) is 11.7 Å². The van der Waals surface area contributed by atoms with Crippen LogP contribution in [-0.4, -0.2) is 14.5 Å². The van der Waals surface area contributed by atoms with Crippen molar-refractivity contribution in [1.82, 2.24) is 4.72 Å². The second-order valence-electron chi connectivity index (χ2n) is 4.06.